The van der Waals surface area contributed by atoms with Crippen molar-refractivity contribution in [3.63, 3.8) is 0 Å². The molecule has 0 radical (unpaired) electrons. The Kier molecular flexibility index (Phi) is 7.02. The van der Waals surface area contributed by atoms with E-state index in [2.05, 4.69) is 4.98 Å². The quantitative estimate of drug-likeness (QED) is 0.204. The molecule has 0 amide bonds. The second-order valence-corrected chi connectivity index (χ2v) is 7.54. The predicted molar refractivity (Wildman–Crippen MR) is 131 cm³/mol. The van der Waals surface area contributed by atoms with Gasteiger partial charge in [-0.2, -0.15) is 0 Å². The molecule has 0 aliphatic heterocycles. The van der Waals surface area contributed by atoms with Crippen LogP contribution in [0, 0.1) is 4.77 Å². The van der Waals surface area contributed by atoms with Crippen molar-refractivity contribution < 1.29 is 14.6 Å². The van der Waals surface area contributed by atoms with Crippen molar-refractivity contribution in [2.24, 2.45) is 0 Å². The topological polar surface area (TPSA) is 76.5 Å². The molecule has 0 saturated heterocycles. The minimum atomic E-state index is -0.499. The lowest BCUT2D eigenvalue weighted by Gasteiger charge is -2.12. The Bertz CT molecular complexity index is 1350. The zero-order chi connectivity index (χ0) is 23.0. The number of rotatable bonds is 8. The minimum absolute atomic E-state index is 0.0490. The van der Waals surface area contributed by atoms with Crippen LogP contribution in [0.3, 0.4) is 0 Å². The molecule has 0 unspecified atom stereocenters. The molecule has 7 heteroatoms. The fourth-order valence-corrected chi connectivity index (χ4v) is 3.51. The van der Waals surface area contributed by atoms with Crippen molar-refractivity contribution in [1.82, 2.24) is 9.55 Å². The zero-order valence-electron chi connectivity index (χ0n) is 17.7. The summed E-state index contributed by atoms with van der Waals surface area (Å²) in [5, 5.41) is 10.8. The normalized spacial score (nSPS) is 10.9. The van der Waals surface area contributed by atoms with Gasteiger partial charge < -0.3 is 14.6 Å². The van der Waals surface area contributed by atoms with Gasteiger partial charge >= 0.3 is 0 Å². The van der Waals surface area contributed by atoms with Gasteiger partial charge in [-0.1, -0.05) is 48.5 Å². The summed E-state index contributed by atoms with van der Waals surface area (Å²) in [6.07, 6.45) is 3.56. The second-order valence-electron chi connectivity index (χ2n) is 7.15. The number of aromatic nitrogens is 2. The van der Waals surface area contributed by atoms with Gasteiger partial charge in [-0.15, -0.1) is 0 Å². The molecule has 2 N–H and O–H groups in total. The van der Waals surface area contributed by atoms with Gasteiger partial charge in [-0.3, -0.25) is 14.3 Å². The summed E-state index contributed by atoms with van der Waals surface area (Å²) in [4.78, 5) is 15.0. The molecule has 0 fully saturated rings. The van der Waals surface area contributed by atoms with E-state index in [4.69, 9.17) is 21.7 Å². The van der Waals surface area contributed by atoms with Gasteiger partial charge in [-0.25, -0.2) is 0 Å². The highest BCUT2D eigenvalue weighted by atomic mass is 32.1. The molecule has 3 aromatic carbocycles. The number of para-hydroxylation sites is 1. The van der Waals surface area contributed by atoms with Crippen LogP contribution in [-0.2, 0) is 11.2 Å². The number of hydrogen-bond acceptors (Lipinski definition) is 5. The minimum Gasteiger partial charge on any atom is -0.501 e. The highest BCUT2D eigenvalue weighted by Crippen LogP contribution is 2.25. The molecule has 1 aromatic heterocycles. The summed E-state index contributed by atoms with van der Waals surface area (Å²) >= 11 is 5.28. The molecule has 0 saturated carbocycles. The van der Waals surface area contributed by atoms with Crippen LogP contribution in [0.4, 0.5) is 0 Å². The van der Waals surface area contributed by atoms with Crippen LogP contribution in [-0.4, -0.2) is 21.3 Å². The van der Waals surface area contributed by atoms with Crippen molar-refractivity contribution in [3.8, 4) is 23.1 Å². The van der Waals surface area contributed by atoms with Crippen molar-refractivity contribution in [2.75, 3.05) is 6.61 Å². The van der Waals surface area contributed by atoms with E-state index >= 15 is 0 Å². The first-order valence-electron chi connectivity index (χ1n) is 10.4. The number of hydrogen-bond donors (Lipinski definition) is 2. The van der Waals surface area contributed by atoms with Crippen LogP contribution in [0.5, 0.6) is 17.4 Å². The van der Waals surface area contributed by atoms with Gasteiger partial charge in [0, 0.05) is 6.42 Å². The van der Waals surface area contributed by atoms with E-state index in [-0.39, 0.29) is 16.2 Å². The molecule has 33 heavy (non-hydrogen) atoms. The molecule has 166 valence electrons. The third-order valence-electron chi connectivity index (χ3n) is 4.88. The second kappa shape index (κ2) is 10.5. The molecule has 1 heterocycles. The van der Waals surface area contributed by atoms with E-state index in [1.54, 1.807) is 24.3 Å². The highest BCUT2D eigenvalue weighted by molar-refractivity contribution is 7.71. The van der Waals surface area contributed by atoms with Gasteiger partial charge in [-0.05, 0) is 60.3 Å². The van der Waals surface area contributed by atoms with Crippen molar-refractivity contribution in [3.05, 3.63) is 117 Å². The first kappa shape index (κ1) is 22.1. The molecule has 0 aliphatic rings. The summed E-state index contributed by atoms with van der Waals surface area (Å²) in [6, 6.07) is 26.4. The number of nitrogens with zero attached hydrogens (tertiary/aromatic N) is 1. The van der Waals surface area contributed by atoms with Gasteiger partial charge in [0.2, 0.25) is 5.88 Å². The van der Waals surface area contributed by atoms with Gasteiger partial charge in [0.15, 0.2) is 4.77 Å². The first-order chi connectivity index (χ1) is 16.1. The van der Waals surface area contributed by atoms with Crippen LogP contribution in [0.1, 0.15) is 11.1 Å². The van der Waals surface area contributed by atoms with Crippen LogP contribution >= 0.6 is 12.2 Å². The monoisotopic (exact) mass is 458 g/mol. The van der Waals surface area contributed by atoms with Crippen LogP contribution < -0.4 is 10.3 Å². The fraction of sp³-hybridized carbons (Fsp3) is 0.0769. The third kappa shape index (κ3) is 5.58. The van der Waals surface area contributed by atoms with Crippen molar-refractivity contribution >= 4 is 18.3 Å². The smallest absolute Gasteiger partial charge is 0.262 e. The standard InChI is InChI=1S/C26H22N2O4S/c29-24-23(16-18-31-17-15-19-7-3-1-4-8-19)25(30)28(26(33)27-24)20-11-13-22(14-12-20)32-21-9-5-2-6-10-21/h1-14,16,18,30H,15,17H2,(H,27,29,33). The fourth-order valence-electron chi connectivity index (χ4n) is 3.22. The molecule has 0 atom stereocenters. The summed E-state index contributed by atoms with van der Waals surface area (Å²) in [5.41, 5.74) is 1.28. The molecule has 6 nitrogen and oxygen atoms in total. The summed E-state index contributed by atoms with van der Waals surface area (Å²) in [5.74, 6) is 1.07. The van der Waals surface area contributed by atoms with E-state index in [1.165, 1.54) is 16.9 Å². The Morgan fingerprint density at radius 3 is 2.24 bits per heavy atom. The molecular weight excluding hydrogens is 436 g/mol. The summed E-state index contributed by atoms with van der Waals surface area (Å²) in [6.45, 7) is 0.446. The first-order valence-corrected chi connectivity index (χ1v) is 10.8. The Hall–Kier alpha value is -4.10. The maximum absolute atomic E-state index is 12.4. The molecule has 4 rings (SSSR count). The number of aromatic hydroxyl groups is 1. The Morgan fingerprint density at radius 2 is 1.55 bits per heavy atom. The third-order valence-corrected chi connectivity index (χ3v) is 5.16. The van der Waals surface area contributed by atoms with Crippen molar-refractivity contribution in [1.29, 1.82) is 0 Å². The van der Waals surface area contributed by atoms with Gasteiger partial charge in [0.25, 0.3) is 5.56 Å². The summed E-state index contributed by atoms with van der Waals surface area (Å²) in [7, 11) is 0. The molecule has 0 spiro atoms. The maximum atomic E-state index is 12.4. The van der Waals surface area contributed by atoms with Gasteiger partial charge in [0.05, 0.1) is 18.6 Å². The SMILES string of the molecule is O=c1[nH]c(=S)n(-c2ccc(Oc3ccccc3)cc2)c(O)c1C=COCCc1ccccc1. The average molecular weight is 459 g/mol. The maximum Gasteiger partial charge on any atom is 0.262 e. The van der Waals surface area contributed by atoms with E-state index < -0.39 is 5.56 Å². The van der Waals surface area contributed by atoms with E-state index in [1.807, 2.05) is 60.7 Å². The van der Waals surface area contributed by atoms with E-state index in [0.29, 0.717) is 23.8 Å². The lowest BCUT2D eigenvalue weighted by atomic mass is 10.2. The van der Waals surface area contributed by atoms with E-state index in [9.17, 15) is 9.90 Å². The highest BCUT2D eigenvalue weighted by Gasteiger charge is 2.12. The molecule has 0 aliphatic carbocycles. The van der Waals surface area contributed by atoms with Crippen molar-refractivity contribution in [2.45, 2.75) is 6.42 Å². The zero-order valence-corrected chi connectivity index (χ0v) is 18.5. The number of H-pyrrole nitrogens is 1. The van der Waals surface area contributed by atoms with Crippen LogP contribution in [0.2, 0.25) is 0 Å². The number of ether oxygens (including phenoxy) is 2. The van der Waals surface area contributed by atoms with Gasteiger partial charge in [0.1, 0.15) is 17.1 Å². The largest absolute Gasteiger partial charge is 0.501 e. The number of aromatic amines is 1. The Labute approximate surface area is 196 Å². The van der Waals surface area contributed by atoms with Crippen LogP contribution in [0.25, 0.3) is 11.8 Å². The lowest BCUT2D eigenvalue weighted by molar-refractivity contribution is 0.256. The Morgan fingerprint density at radius 1 is 0.909 bits per heavy atom. The average Bonchev–Trinajstić information content (AvgIpc) is 2.83. The molecule has 4 aromatic rings. The Balaban J connectivity index is 1.50. The van der Waals surface area contributed by atoms with Crippen LogP contribution in [0.15, 0.2) is 96.0 Å². The number of nitrogens with one attached hydrogen (secondary N) is 1. The van der Waals surface area contributed by atoms with E-state index in [0.717, 1.165) is 12.0 Å². The predicted octanol–water partition coefficient (Wildman–Crippen LogP) is 5.62. The summed E-state index contributed by atoms with van der Waals surface area (Å²) < 4.78 is 12.8. The number of benzene rings is 3. The molecule has 0 bridgehead atoms. The lowest BCUT2D eigenvalue weighted by Crippen LogP contribution is -2.15. The molecular formula is C26H22N2O4S.